The number of likely N-dealkylation sites (tertiary alicyclic amines) is 1. The Morgan fingerprint density at radius 1 is 1.22 bits per heavy atom. The number of rotatable bonds is 4. The van der Waals surface area contributed by atoms with Crippen molar-refractivity contribution >= 4 is 11.9 Å². The van der Waals surface area contributed by atoms with E-state index in [2.05, 4.69) is 5.10 Å². The lowest BCUT2D eigenvalue weighted by Gasteiger charge is -2.32. The molecule has 0 saturated carbocycles. The van der Waals surface area contributed by atoms with Crippen molar-refractivity contribution < 1.29 is 14.7 Å². The summed E-state index contributed by atoms with van der Waals surface area (Å²) in [7, 11) is 0. The van der Waals surface area contributed by atoms with Crippen molar-refractivity contribution in [2.45, 2.75) is 31.7 Å². The molecule has 1 amide bonds. The van der Waals surface area contributed by atoms with E-state index in [0.29, 0.717) is 13.0 Å². The third kappa shape index (κ3) is 3.41. The molecule has 0 aliphatic carbocycles. The Morgan fingerprint density at radius 2 is 2.00 bits per heavy atom. The predicted molar refractivity (Wildman–Crippen MR) is 84.3 cm³/mol. The average molecular weight is 313 g/mol. The normalized spacial score (nSPS) is 17.9. The monoisotopic (exact) mass is 313 g/mol. The highest BCUT2D eigenvalue weighted by molar-refractivity contribution is 5.85. The number of nitrogens with zero attached hydrogens (tertiary/aromatic N) is 3. The molecule has 3 rings (SSSR count). The minimum atomic E-state index is -0.918. The zero-order valence-electron chi connectivity index (χ0n) is 12.8. The van der Waals surface area contributed by atoms with E-state index in [0.717, 1.165) is 24.1 Å². The molecule has 6 nitrogen and oxygen atoms in total. The number of carboxylic acids is 1. The molecule has 2 aromatic rings. The minimum Gasteiger partial charge on any atom is -0.480 e. The maximum Gasteiger partial charge on any atom is 0.326 e. The van der Waals surface area contributed by atoms with Crippen LogP contribution in [0.25, 0.3) is 5.69 Å². The summed E-state index contributed by atoms with van der Waals surface area (Å²) in [6.45, 7) is 0.516. The first-order valence-electron chi connectivity index (χ1n) is 7.76. The number of para-hydroxylation sites is 1. The minimum absolute atomic E-state index is 0.148. The molecule has 1 N–H and O–H groups in total. The number of carbonyl (C=O) groups is 2. The number of hydrogen-bond donors (Lipinski definition) is 1. The highest BCUT2D eigenvalue weighted by Gasteiger charge is 2.31. The Bertz CT molecular complexity index is 696. The van der Waals surface area contributed by atoms with Crippen LogP contribution in [0.1, 0.15) is 24.8 Å². The van der Waals surface area contributed by atoms with Gasteiger partial charge in [0.1, 0.15) is 6.04 Å². The molecule has 1 aromatic heterocycles. The molecule has 6 heteroatoms. The lowest BCUT2D eigenvalue weighted by molar-refractivity contribution is -0.151. The third-order valence-electron chi connectivity index (χ3n) is 4.12. The summed E-state index contributed by atoms with van der Waals surface area (Å²) in [5.41, 5.74) is 1.71. The fourth-order valence-electron chi connectivity index (χ4n) is 2.94. The van der Waals surface area contributed by atoms with Gasteiger partial charge in [0.15, 0.2) is 0 Å². The number of hydrogen-bond acceptors (Lipinski definition) is 3. The molecule has 2 heterocycles. The van der Waals surface area contributed by atoms with Crippen molar-refractivity contribution in [2.24, 2.45) is 0 Å². The van der Waals surface area contributed by atoms with E-state index >= 15 is 0 Å². The van der Waals surface area contributed by atoms with Gasteiger partial charge < -0.3 is 10.0 Å². The van der Waals surface area contributed by atoms with Gasteiger partial charge in [-0.25, -0.2) is 9.48 Å². The quantitative estimate of drug-likeness (QED) is 0.935. The van der Waals surface area contributed by atoms with Crippen LogP contribution in [0.2, 0.25) is 0 Å². The summed E-state index contributed by atoms with van der Waals surface area (Å²) in [5, 5.41) is 13.5. The van der Waals surface area contributed by atoms with Crippen LogP contribution in [0.4, 0.5) is 0 Å². The lowest BCUT2D eigenvalue weighted by Crippen LogP contribution is -2.48. The number of carbonyl (C=O) groups excluding carboxylic acids is 1. The molecule has 1 unspecified atom stereocenters. The molecule has 1 aromatic carbocycles. The van der Waals surface area contributed by atoms with Crippen LogP contribution in [0, 0.1) is 0 Å². The van der Waals surface area contributed by atoms with Crippen LogP contribution in [-0.4, -0.2) is 44.3 Å². The van der Waals surface area contributed by atoms with E-state index in [1.54, 1.807) is 10.9 Å². The highest BCUT2D eigenvalue weighted by Crippen LogP contribution is 2.19. The Hall–Kier alpha value is -2.63. The second-order valence-electron chi connectivity index (χ2n) is 5.74. The topological polar surface area (TPSA) is 75.4 Å². The first kappa shape index (κ1) is 15.3. The van der Waals surface area contributed by atoms with E-state index in [1.165, 1.54) is 4.90 Å². The molecule has 0 radical (unpaired) electrons. The molecule has 0 spiro atoms. The van der Waals surface area contributed by atoms with Gasteiger partial charge in [0, 0.05) is 12.7 Å². The van der Waals surface area contributed by atoms with Gasteiger partial charge in [-0.3, -0.25) is 4.79 Å². The fraction of sp³-hybridized carbons (Fsp3) is 0.353. The predicted octanol–water partition coefficient (Wildman–Crippen LogP) is 1.88. The molecule has 1 aliphatic heterocycles. The molecule has 23 heavy (non-hydrogen) atoms. The largest absolute Gasteiger partial charge is 0.480 e. The first-order chi connectivity index (χ1) is 11.1. The second kappa shape index (κ2) is 6.64. The van der Waals surface area contributed by atoms with E-state index in [-0.39, 0.29) is 12.3 Å². The van der Waals surface area contributed by atoms with Crippen LogP contribution in [0.15, 0.2) is 42.7 Å². The van der Waals surface area contributed by atoms with Crippen molar-refractivity contribution in [1.29, 1.82) is 0 Å². The summed E-state index contributed by atoms with van der Waals surface area (Å²) in [6, 6.07) is 8.95. The number of benzene rings is 1. The number of piperidine rings is 1. The molecule has 1 saturated heterocycles. The Kier molecular flexibility index (Phi) is 4.41. The fourth-order valence-corrected chi connectivity index (χ4v) is 2.94. The molecule has 1 aliphatic rings. The van der Waals surface area contributed by atoms with Gasteiger partial charge in [0.2, 0.25) is 5.91 Å². The number of aliphatic carboxylic acids is 1. The van der Waals surface area contributed by atoms with Gasteiger partial charge in [-0.15, -0.1) is 0 Å². The zero-order valence-corrected chi connectivity index (χ0v) is 12.8. The maximum absolute atomic E-state index is 12.5. The van der Waals surface area contributed by atoms with Gasteiger partial charge in [-0.1, -0.05) is 18.2 Å². The van der Waals surface area contributed by atoms with Gasteiger partial charge in [0.05, 0.1) is 18.3 Å². The van der Waals surface area contributed by atoms with Crippen LogP contribution < -0.4 is 0 Å². The molecular formula is C17H19N3O3. The van der Waals surface area contributed by atoms with E-state index < -0.39 is 12.0 Å². The van der Waals surface area contributed by atoms with Gasteiger partial charge >= 0.3 is 5.97 Å². The zero-order chi connectivity index (χ0) is 16.2. The van der Waals surface area contributed by atoms with Crippen molar-refractivity contribution in [3.8, 4) is 5.69 Å². The van der Waals surface area contributed by atoms with Crippen LogP contribution in [-0.2, 0) is 16.0 Å². The van der Waals surface area contributed by atoms with E-state index in [1.807, 2.05) is 36.5 Å². The van der Waals surface area contributed by atoms with E-state index in [9.17, 15) is 14.7 Å². The van der Waals surface area contributed by atoms with Crippen molar-refractivity contribution in [3.05, 3.63) is 48.3 Å². The Morgan fingerprint density at radius 3 is 2.74 bits per heavy atom. The maximum atomic E-state index is 12.5. The summed E-state index contributed by atoms with van der Waals surface area (Å²) in [5.74, 6) is -1.07. The van der Waals surface area contributed by atoms with Crippen molar-refractivity contribution in [3.63, 3.8) is 0 Å². The highest BCUT2D eigenvalue weighted by atomic mass is 16.4. The molecule has 1 fully saturated rings. The van der Waals surface area contributed by atoms with Crippen LogP contribution in [0.5, 0.6) is 0 Å². The molecular weight excluding hydrogens is 294 g/mol. The smallest absolute Gasteiger partial charge is 0.326 e. The summed E-state index contributed by atoms with van der Waals surface area (Å²) < 4.78 is 1.72. The van der Waals surface area contributed by atoms with E-state index in [4.69, 9.17) is 0 Å². The van der Waals surface area contributed by atoms with Crippen molar-refractivity contribution in [2.75, 3.05) is 6.54 Å². The summed E-state index contributed by atoms with van der Waals surface area (Å²) in [6.07, 6.45) is 5.89. The standard InChI is InChI=1S/C17H19N3O3/c21-16(19-9-5-4-8-15(19)17(22)23)10-13-11-18-20(12-13)14-6-2-1-3-7-14/h1-3,6-7,11-12,15H,4-5,8-10H2,(H,22,23). The Labute approximate surface area is 134 Å². The lowest BCUT2D eigenvalue weighted by atomic mass is 10.0. The molecule has 1 atom stereocenters. The number of carboxylic acid groups (broad SMARTS) is 1. The average Bonchev–Trinajstić information content (AvgIpc) is 3.04. The number of amides is 1. The Balaban J connectivity index is 1.70. The second-order valence-corrected chi connectivity index (χ2v) is 5.74. The summed E-state index contributed by atoms with van der Waals surface area (Å²) in [4.78, 5) is 25.2. The van der Waals surface area contributed by atoms with Gasteiger partial charge in [0.25, 0.3) is 0 Å². The number of aromatic nitrogens is 2. The van der Waals surface area contributed by atoms with Crippen molar-refractivity contribution in [1.82, 2.24) is 14.7 Å². The molecule has 120 valence electrons. The third-order valence-corrected chi connectivity index (χ3v) is 4.12. The van der Waals surface area contributed by atoms with Gasteiger partial charge in [-0.2, -0.15) is 5.10 Å². The first-order valence-corrected chi connectivity index (χ1v) is 7.76. The van der Waals surface area contributed by atoms with Crippen LogP contribution >= 0.6 is 0 Å². The molecule has 0 bridgehead atoms. The van der Waals surface area contributed by atoms with Crippen LogP contribution in [0.3, 0.4) is 0 Å². The summed E-state index contributed by atoms with van der Waals surface area (Å²) >= 11 is 0. The van der Waals surface area contributed by atoms with Gasteiger partial charge in [-0.05, 0) is 37.0 Å². The SMILES string of the molecule is O=C(O)C1CCCCN1C(=O)Cc1cnn(-c2ccccc2)c1.